The van der Waals surface area contributed by atoms with Crippen molar-refractivity contribution >= 4 is 29.0 Å². The monoisotopic (exact) mass is 380 g/mol. The smallest absolute Gasteiger partial charge is 0.230 e. The molecule has 0 aromatic carbocycles. The third-order valence-electron chi connectivity index (χ3n) is 4.05. The number of amides is 1. The van der Waals surface area contributed by atoms with Gasteiger partial charge in [-0.3, -0.25) is 9.36 Å². The number of carbonyl (C=O) groups is 1. The Hall–Kier alpha value is -1.38. The van der Waals surface area contributed by atoms with E-state index in [-0.39, 0.29) is 12.0 Å². The number of nitrogens with zero attached hydrogens (tertiary/aromatic N) is 3. The molecule has 1 saturated heterocycles. The Labute approximate surface area is 156 Å². The molecule has 2 aromatic rings. The lowest BCUT2D eigenvalue weighted by molar-refractivity contribution is -0.118. The molecule has 1 aliphatic rings. The molecule has 1 fully saturated rings. The highest BCUT2D eigenvalue weighted by molar-refractivity contribution is 7.99. The number of ether oxygens (including phenoxy) is 1. The van der Waals surface area contributed by atoms with Gasteiger partial charge in [-0.05, 0) is 30.7 Å². The summed E-state index contributed by atoms with van der Waals surface area (Å²) in [6, 6.07) is 4.06. The fourth-order valence-corrected chi connectivity index (χ4v) is 4.22. The highest BCUT2D eigenvalue weighted by atomic mass is 32.2. The van der Waals surface area contributed by atoms with E-state index in [1.807, 2.05) is 17.5 Å². The van der Waals surface area contributed by atoms with Gasteiger partial charge >= 0.3 is 0 Å². The van der Waals surface area contributed by atoms with E-state index < -0.39 is 0 Å². The summed E-state index contributed by atoms with van der Waals surface area (Å²) < 4.78 is 7.89. The van der Waals surface area contributed by atoms with Crippen molar-refractivity contribution in [2.75, 3.05) is 18.9 Å². The second-order valence-corrected chi connectivity index (χ2v) is 7.91. The Morgan fingerprint density at radius 1 is 1.52 bits per heavy atom. The van der Waals surface area contributed by atoms with Crippen LogP contribution in [-0.4, -0.2) is 45.7 Å². The largest absolute Gasteiger partial charge is 0.376 e. The third kappa shape index (κ3) is 5.05. The maximum absolute atomic E-state index is 12.0. The van der Waals surface area contributed by atoms with Gasteiger partial charge in [0, 0.05) is 13.2 Å². The van der Waals surface area contributed by atoms with Crippen LogP contribution in [0, 0.1) is 0 Å². The average molecular weight is 381 g/mol. The molecule has 0 saturated carbocycles. The zero-order valence-corrected chi connectivity index (χ0v) is 16.1. The Kier molecular flexibility index (Phi) is 6.89. The summed E-state index contributed by atoms with van der Waals surface area (Å²) in [5.74, 6) is 1.26. The number of aromatic nitrogens is 3. The minimum Gasteiger partial charge on any atom is -0.376 e. The Morgan fingerprint density at radius 3 is 3.16 bits per heavy atom. The first-order valence-electron chi connectivity index (χ1n) is 8.76. The highest BCUT2D eigenvalue weighted by Gasteiger charge is 2.22. The normalized spacial score (nSPS) is 17.1. The summed E-state index contributed by atoms with van der Waals surface area (Å²) in [5.41, 5.74) is 0. The Bertz CT molecular complexity index is 666. The summed E-state index contributed by atoms with van der Waals surface area (Å²) >= 11 is 3.09. The van der Waals surface area contributed by atoms with Crippen molar-refractivity contribution in [3.8, 4) is 10.7 Å². The molecule has 0 bridgehead atoms. The predicted molar refractivity (Wildman–Crippen MR) is 101 cm³/mol. The molecule has 25 heavy (non-hydrogen) atoms. The molecule has 0 spiro atoms. The van der Waals surface area contributed by atoms with Crippen LogP contribution in [0.15, 0.2) is 22.7 Å². The van der Waals surface area contributed by atoms with Gasteiger partial charge in [0.15, 0.2) is 11.0 Å². The molecule has 3 rings (SSSR count). The maximum Gasteiger partial charge on any atom is 0.230 e. The zero-order valence-electron chi connectivity index (χ0n) is 14.4. The van der Waals surface area contributed by atoms with E-state index in [4.69, 9.17) is 4.74 Å². The first-order chi connectivity index (χ1) is 12.3. The molecule has 1 amide bonds. The first-order valence-corrected chi connectivity index (χ1v) is 10.6. The van der Waals surface area contributed by atoms with Gasteiger partial charge in [-0.2, -0.15) is 0 Å². The van der Waals surface area contributed by atoms with Crippen LogP contribution in [-0.2, 0) is 16.1 Å². The molecule has 3 heterocycles. The SMILES string of the molecule is CCCCNC(=O)CSc1nnc(-c2cccs2)n1CC1CCCO1. The van der Waals surface area contributed by atoms with Crippen molar-refractivity contribution in [3.05, 3.63) is 17.5 Å². The van der Waals surface area contributed by atoms with E-state index in [0.717, 1.165) is 61.2 Å². The molecule has 0 aliphatic carbocycles. The minimum absolute atomic E-state index is 0.0442. The molecular formula is C17H24N4O2S2. The van der Waals surface area contributed by atoms with Gasteiger partial charge in [0.05, 0.1) is 23.3 Å². The van der Waals surface area contributed by atoms with E-state index in [1.54, 1.807) is 11.3 Å². The number of hydrogen-bond acceptors (Lipinski definition) is 6. The van der Waals surface area contributed by atoms with Crippen LogP contribution in [0.1, 0.15) is 32.6 Å². The van der Waals surface area contributed by atoms with Gasteiger partial charge in [-0.15, -0.1) is 21.5 Å². The highest BCUT2D eigenvalue weighted by Crippen LogP contribution is 2.28. The molecule has 1 N–H and O–H groups in total. The second-order valence-electron chi connectivity index (χ2n) is 6.02. The topological polar surface area (TPSA) is 69.0 Å². The van der Waals surface area contributed by atoms with Crippen molar-refractivity contribution in [1.82, 2.24) is 20.1 Å². The van der Waals surface area contributed by atoms with E-state index >= 15 is 0 Å². The average Bonchev–Trinajstić information content (AvgIpc) is 3.36. The molecule has 1 unspecified atom stereocenters. The molecule has 136 valence electrons. The molecule has 6 nitrogen and oxygen atoms in total. The van der Waals surface area contributed by atoms with E-state index in [9.17, 15) is 4.79 Å². The van der Waals surface area contributed by atoms with Gasteiger partial charge in [-0.25, -0.2) is 0 Å². The number of carbonyl (C=O) groups excluding carboxylic acids is 1. The van der Waals surface area contributed by atoms with E-state index in [2.05, 4.69) is 27.0 Å². The van der Waals surface area contributed by atoms with Crippen molar-refractivity contribution in [3.63, 3.8) is 0 Å². The molecule has 8 heteroatoms. The predicted octanol–water partition coefficient (Wildman–Crippen LogP) is 3.19. The van der Waals surface area contributed by atoms with Crippen molar-refractivity contribution < 1.29 is 9.53 Å². The standard InChI is InChI=1S/C17H24N4O2S2/c1-2-3-8-18-15(22)12-25-17-20-19-16(14-7-5-10-24-14)21(17)11-13-6-4-9-23-13/h5,7,10,13H,2-4,6,8-9,11-12H2,1H3,(H,18,22). The maximum atomic E-state index is 12.0. The minimum atomic E-state index is 0.0442. The number of thioether (sulfide) groups is 1. The van der Waals surface area contributed by atoms with Crippen LogP contribution in [0.2, 0.25) is 0 Å². The molecule has 1 aliphatic heterocycles. The Balaban J connectivity index is 1.68. The number of rotatable bonds is 9. The zero-order chi connectivity index (χ0) is 17.5. The van der Waals surface area contributed by atoms with Crippen LogP contribution in [0.3, 0.4) is 0 Å². The second kappa shape index (κ2) is 9.35. The lowest BCUT2D eigenvalue weighted by Crippen LogP contribution is -2.26. The Morgan fingerprint density at radius 2 is 2.44 bits per heavy atom. The fourth-order valence-electron chi connectivity index (χ4n) is 2.73. The quantitative estimate of drug-likeness (QED) is 0.534. The van der Waals surface area contributed by atoms with Crippen LogP contribution in [0.5, 0.6) is 0 Å². The van der Waals surface area contributed by atoms with Gasteiger partial charge in [0.2, 0.25) is 5.91 Å². The van der Waals surface area contributed by atoms with Gasteiger partial charge < -0.3 is 10.1 Å². The van der Waals surface area contributed by atoms with Crippen LogP contribution < -0.4 is 5.32 Å². The fraction of sp³-hybridized carbons (Fsp3) is 0.588. The third-order valence-corrected chi connectivity index (χ3v) is 5.89. The van der Waals surface area contributed by atoms with Crippen molar-refractivity contribution in [2.45, 2.75) is 50.4 Å². The molecule has 2 aromatic heterocycles. The van der Waals surface area contributed by atoms with Crippen LogP contribution in [0.25, 0.3) is 10.7 Å². The lowest BCUT2D eigenvalue weighted by Gasteiger charge is -2.14. The van der Waals surface area contributed by atoms with Crippen molar-refractivity contribution in [1.29, 1.82) is 0 Å². The summed E-state index contributed by atoms with van der Waals surface area (Å²) in [6.45, 7) is 4.41. The number of nitrogens with one attached hydrogen (secondary N) is 1. The number of hydrogen-bond donors (Lipinski definition) is 1. The summed E-state index contributed by atoms with van der Waals surface area (Å²) in [6.07, 6.45) is 4.45. The summed E-state index contributed by atoms with van der Waals surface area (Å²) in [7, 11) is 0. The van der Waals surface area contributed by atoms with E-state index in [0.29, 0.717) is 5.75 Å². The molecule has 0 radical (unpaired) electrons. The molecular weight excluding hydrogens is 356 g/mol. The summed E-state index contributed by atoms with van der Waals surface area (Å²) in [5, 5.41) is 14.5. The van der Waals surface area contributed by atoms with Crippen molar-refractivity contribution in [2.24, 2.45) is 0 Å². The van der Waals surface area contributed by atoms with Crippen LogP contribution in [0.4, 0.5) is 0 Å². The number of unbranched alkanes of at least 4 members (excludes halogenated alkanes) is 1. The van der Waals surface area contributed by atoms with Gasteiger partial charge in [0.25, 0.3) is 0 Å². The summed E-state index contributed by atoms with van der Waals surface area (Å²) in [4.78, 5) is 13.1. The van der Waals surface area contributed by atoms with Gasteiger partial charge in [-0.1, -0.05) is 31.2 Å². The number of thiophene rings is 1. The van der Waals surface area contributed by atoms with Crippen LogP contribution >= 0.6 is 23.1 Å². The lowest BCUT2D eigenvalue weighted by atomic mass is 10.2. The molecule has 1 atom stereocenters. The van der Waals surface area contributed by atoms with Gasteiger partial charge in [0.1, 0.15) is 0 Å². The first kappa shape index (κ1) is 18.4. The van der Waals surface area contributed by atoms with E-state index in [1.165, 1.54) is 11.8 Å².